The van der Waals surface area contributed by atoms with Gasteiger partial charge in [0.2, 0.25) is 0 Å². The number of Topliss-reactive ketones (excluding diaryl/α,β-unsaturated/α-hetero) is 1. The Hall–Kier alpha value is -1.09. The second-order valence-corrected chi connectivity index (χ2v) is 4.79. The summed E-state index contributed by atoms with van der Waals surface area (Å²) in [5.74, 6) is 1.60. The Morgan fingerprint density at radius 1 is 1.47 bits per heavy atom. The average Bonchev–Trinajstić information content (AvgIpc) is 2.47. The second kappa shape index (κ2) is 4.19. The number of ketones is 1. The van der Waals surface area contributed by atoms with E-state index in [0.717, 1.165) is 5.76 Å². The van der Waals surface area contributed by atoms with Crippen LogP contribution in [0, 0.1) is 6.92 Å². The van der Waals surface area contributed by atoms with E-state index in [1.807, 2.05) is 13.0 Å². The number of carbonyl (C=O) groups excluding carboxylic acids is 1. The summed E-state index contributed by atoms with van der Waals surface area (Å²) in [6.07, 6.45) is 0.379. The zero-order valence-electron chi connectivity index (χ0n) is 9.89. The molecular formula is C12H19NO2. The lowest BCUT2D eigenvalue weighted by Crippen LogP contribution is -2.10. The summed E-state index contributed by atoms with van der Waals surface area (Å²) < 4.78 is 5.58. The van der Waals surface area contributed by atoms with Crippen molar-refractivity contribution >= 4 is 5.78 Å². The van der Waals surface area contributed by atoms with E-state index in [2.05, 4.69) is 20.8 Å². The standard InChI is InChI=1S/C12H19NO2/c1-8-9(10(14)5-6-13)7-11(15-8)12(2,3)4/h7H,5-6,13H2,1-4H3. The Labute approximate surface area is 90.6 Å². The van der Waals surface area contributed by atoms with Gasteiger partial charge in [0.25, 0.3) is 0 Å². The molecule has 0 aliphatic carbocycles. The number of nitrogens with two attached hydrogens (primary N) is 1. The van der Waals surface area contributed by atoms with Gasteiger partial charge < -0.3 is 10.2 Å². The summed E-state index contributed by atoms with van der Waals surface area (Å²) >= 11 is 0. The molecule has 0 fully saturated rings. The third-order valence-corrected chi connectivity index (χ3v) is 2.33. The minimum absolute atomic E-state index is 0.0635. The minimum atomic E-state index is -0.0635. The summed E-state index contributed by atoms with van der Waals surface area (Å²) in [6.45, 7) is 8.38. The van der Waals surface area contributed by atoms with Gasteiger partial charge in [-0.1, -0.05) is 20.8 Å². The molecule has 84 valence electrons. The Morgan fingerprint density at radius 3 is 2.47 bits per heavy atom. The third kappa shape index (κ3) is 2.69. The number of aryl methyl sites for hydroxylation is 1. The number of hydrogen-bond donors (Lipinski definition) is 1. The van der Waals surface area contributed by atoms with Crippen LogP contribution in [0.25, 0.3) is 0 Å². The van der Waals surface area contributed by atoms with E-state index in [4.69, 9.17) is 10.2 Å². The molecule has 3 nitrogen and oxygen atoms in total. The van der Waals surface area contributed by atoms with Crippen molar-refractivity contribution < 1.29 is 9.21 Å². The van der Waals surface area contributed by atoms with Gasteiger partial charge in [-0.25, -0.2) is 0 Å². The first-order valence-corrected chi connectivity index (χ1v) is 5.20. The Kier molecular flexibility index (Phi) is 3.35. The molecule has 2 N–H and O–H groups in total. The van der Waals surface area contributed by atoms with Crippen LogP contribution < -0.4 is 5.73 Å². The number of rotatable bonds is 3. The monoisotopic (exact) mass is 209 g/mol. The molecule has 1 aromatic rings. The Morgan fingerprint density at radius 2 is 2.07 bits per heavy atom. The van der Waals surface area contributed by atoms with Crippen molar-refractivity contribution in [2.75, 3.05) is 6.54 Å². The summed E-state index contributed by atoms with van der Waals surface area (Å²) in [5, 5.41) is 0. The van der Waals surface area contributed by atoms with Crippen molar-refractivity contribution in [1.82, 2.24) is 0 Å². The normalized spacial score (nSPS) is 11.8. The van der Waals surface area contributed by atoms with Crippen molar-refractivity contribution in [3.05, 3.63) is 23.2 Å². The first kappa shape index (κ1) is 12.0. The maximum Gasteiger partial charge on any atom is 0.167 e. The topological polar surface area (TPSA) is 56.2 Å². The molecule has 0 radical (unpaired) electrons. The highest BCUT2D eigenvalue weighted by Gasteiger charge is 2.22. The maximum atomic E-state index is 11.7. The van der Waals surface area contributed by atoms with Gasteiger partial charge in [-0.05, 0) is 19.5 Å². The smallest absolute Gasteiger partial charge is 0.167 e. The van der Waals surface area contributed by atoms with Crippen LogP contribution in [0.1, 0.15) is 49.1 Å². The predicted molar refractivity (Wildman–Crippen MR) is 60.1 cm³/mol. The van der Waals surface area contributed by atoms with Crippen LogP contribution in [0.2, 0.25) is 0 Å². The van der Waals surface area contributed by atoms with Crippen molar-refractivity contribution in [1.29, 1.82) is 0 Å². The summed E-state index contributed by atoms with van der Waals surface area (Å²) in [6, 6.07) is 1.84. The highest BCUT2D eigenvalue weighted by molar-refractivity contribution is 5.97. The van der Waals surface area contributed by atoms with Gasteiger partial charge >= 0.3 is 0 Å². The number of hydrogen-bond acceptors (Lipinski definition) is 3. The lowest BCUT2D eigenvalue weighted by molar-refractivity contribution is 0.0984. The number of carbonyl (C=O) groups is 1. The van der Waals surface area contributed by atoms with Crippen molar-refractivity contribution in [2.24, 2.45) is 5.73 Å². The molecule has 0 saturated heterocycles. The van der Waals surface area contributed by atoms with Gasteiger partial charge in [0.15, 0.2) is 5.78 Å². The van der Waals surface area contributed by atoms with E-state index < -0.39 is 0 Å². The van der Waals surface area contributed by atoms with E-state index in [1.165, 1.54) is 0 Å². The Bertz CT molecular complexity index is 358. The molecule has 1 rings (SSSR count). The van der Waals surface area contributed by atoms with Crippen LogP contribution in [0.3, 0.4) is 0 Å². The van der Waals surface area contributed by atoms with E-state index in [9.17, 15) is 4.79 Å². The first-order valence-electron chi connectivity index (χ1n) is 5.20. The van der Waals surface area contributed by atoms with E-state index in [-0.39, 0.29) is 11.2 Å². The zero-order valence-corrected chi connectivity index (χ0v) is 9.89. The zero-order chi connectivity index (χ0) is 11.6. The molecule has 3 heteroatoms. The fourth-order valence-electron chi connectivity index (χ4n) is 1.39. The van der Waals surface area contributed by atoms with Crippen LogP contribution in [0.5, 0.6) is 0 Å². The second-order valence-electron chi connectivity index (χ2n) is 4.79. The maximum absolute atomic E-state index is 11.7. The Balaban J connectivity index is 3.02. The SMILES string of the molecule is Cc1oc(C(C)(C)C)cc1C(=O)CCN. The van der Waals surface area contributed by atoms with Crippen LogP contribution >= 0.6 is 0 Å². The molecule has 0 atom stereocenters. The molecule has 1 heterocycles. The highest BCUT2D eigenvalue weighted by atomic mass is 16.3. The molecule has 0 saturated carbocycles. The average molecular weight is 209 g/mol. The van der Waals surface area contributed by atoms with Crippen LogP contribution in [0.15, 0.2) is 10.5 Å². The summed E-state index contributed by atoms with van der Waals surface area (Å²) in [5.41, 5.74) is 5.97. The molecule has 0 aliphatic rings. The largest absolute Gasteiger partial charge is 0.465 e. The molecule has 15 heavy (non-hydrogen) atoms. The molecule has 0 unspecified atom stereocenters. The van der Waals surface area contributed by atoms with Crippen molar-refractivity contribution in [3.63, 3.8) is 0 Å². The molecule has 0 amide bonds. The molecule has 0 aromatic carbocycles. The quantitative estimate of drug-likeness (QED) is 0.778. The molecule has 1 aromatic heterocycles. The fourth-order valence-corrected chi connectivity index (χ4v) is 1.39. The van der Waals surface area contributed by atoms with Gasteiger partial charge in [0, 0.05) is 11.8 Å². The van der Waals surface area contributed by atoms with Gasteiger partial charge in [-0.3, -0.25) is 4.79 Å². The van der Waals surface area contributed by atoms with Gasteiger partial charge in [0.1, 0.15) is 11.5 Å². The highest BCUT2D eigenvalue weighted by Crippen LogP contribution is 2.27. The molecular weight excluding hydrogens is 190 g/mol. The van der Waals surface area contributed by atoms with E-state index in [1.54, 1.807) is 0 Å². The van der Waals surface area contributed by atoms with E-state index in [0.29, 0.717) is 24.3 Å². The summed E-state index contributed by atoms with van der Waals surface area (Å²) in [7, 11) is 0. The summed E-state index contributed by atoms with van der Waals surface area (Å²) in [4.78, 5) is 11.7. The van der Waals surface area contributed by atoms with Gasteiger partial charge in [-0.2, -0.15) is 0 Å². The van der Waals surface area contributed by atoms with Crippen LogP contribution in [-0.2, 0) is 5.41 Å². The van der Waals surface area contributed by atoms with Crippen LogP contribution in [0.4, 0.5) is 0 Å². The fraction of sp³-hybridized carbons (Fsp3) is 0.583. The van der Waals surface area contributed by atoms with Gasteiger partial charge in [0.05, 0.1) is 5.56 Å². The number of furan rings is 1. The molecule has 0 aliphatic heterocycles. The lowest BCUT2D eigenvalue weighted by Gasteiger charge is -2.13. The minimum Gasteiger partial charge on any atom is -0.465 e. The van der Waals surface area contributed by atoms with E-state index >= 15 is 0 Å². The van der Waals surface area contributed by atoms with Crippen molar-refractivity contribution in [2.45, 2.75) is 39.5 Å². The molecule has 0 spiro atoms. The third-order valence-electron chi connectivity index (χ3n) is 2.33. The molecule has 0 bridgehead atoms. The van der Waals surface area contributed by atoms with Gasteiger partial charge in [-0.15, -0.1) is 0 Å². The van der Waals surface area contributed by atoms with Crippen molar-refractivity contribution in [3.8, 4) is 0 Å². The van der Waals surface area contributed by atoms with Crippen LogP contribution in [-0.4, -0.2) is 12.3 Å². The lowest BCUT2D eigenvalue weighted by atomic mass is 9.92. The first-order chi connectivity index (χ1) is 6.86. The predicted octanol–water partition coefficient (Wildman–Crippen LogP) is 2.42.